The number of hydrazine groups is 1. The van der Waals surface area contributed by atoms with Crippen LogP contribution in [0.3, 0.4) is 0 Å². The van der Waals surface area contributed by atoms with Gasteiger partial charge in [0.1, 0.15) is 6.07 Å². The molecule has 0 spiro atoms. The Morgan fingerprint density at radius 1 is 1.14 bits per heavy atom. The SMILES string of the molecule is Cc1cc(N[C@H](/C(N)=C/N(N)C2(C(F)(F)F)CC2)c2cccc3ncccc23)cc2c(NCC(C)(C)C)c(C#N)cnc12. The fourth-order valence-corrected chi connectivity index (χ4v) is 5.24. The van der Waals surface area contributed by atoms with Gasteiger partial charge in [0, 0.05) is 41.6 Å². The van der Waals surface area contributed by atoms with Crippen LogP contribution in [0.1, 0.15) is 56.3 Å². The van der Waals surface area contributed by atoms with Gasteiger partial charge in [-0.1, -0.05) is 39.0 Å². The molecule has 1 saturated carbocycles. The summed E-state index contributed by atoms with van der Waals surface area (Å²) < 4.78 is 41.6. The molecule has 0 aliphatic heterocycles. The molecule has 0 bridgehead atoms. The van der Waals surface area contributed by atoms with Crippen molar-refractivity contribution in [2.45, 2.75) is 58.3 Å². The predicted octanol–water partition coefficient (Wildman–Crippen LogP) is 6.65. The van der Waals surface area contributed by atoms with Gasteiger partial charge in [0.2, 0.25) is 0 Å². The molecule has 2 heterocycles. The monoisotopic (exact) mass is 588 g/mol. The molecule has 1 atom stereocenters. The lowest BCUT2D eigenvalue weighted by atomic mass is 9.96. The number of nitrogens with zero attached hydrogens (tertiary/aromatic N) is 4. The molecule has 1 aliphatic carbocycles. The van der Waals surface area contributed by atoms with Gasteiger partial charge in [-0.3, -0.25) is 9.97 Å². The van der Waals surface area contributed by atoms with Crippen LogP contribution >= 0.6 is 0 Å². The van der Waals surface area contributed by atoms with Crippen LogP contribution < -0.4 is 22.2 Å². The molecule has 1 aliphatic rings. The number of nitrogens with two attached hydrogens (primary N) is 2. The van der Waals surface area contributed by atoms with E-state index >= 15 is 0 Å². The first-order valence-electron chi connectivity index (χ1n) is 14.0. The van der Waals surface area contributed by atoms with Gasteiger partial charge in [0.25, 0.3) is 0 Å². The second-order valence-corrected chi connectivity index (χ2v) is 12.3. The number of benzene rings is 2. The maximum atomic E-state index is 13.9. The first-order chi connectivity index (χ1) is 20.2. The predicted molar refractivity (Wildman–Crippen MR) is 164 cm³/mol. The summed E-state index contributed by atoms with van der Waals surface area (Å²) in [6.45, 7) is 8.82. The van der Waals surface area contributed by atoms with Gasteiger partial charge in [-0.05, 0) is 60.6 Å². The number of hydrogen-bond acceptors (Lipinski definition) is 8. The number of nitriles is 1. The number of halogens is 3. The summed E-state index contributed by atoms with van der Waals surface area (Å²) in [6.07, 6.45) is -0.293. The molecule has 0 saturated heterocycles. The largest absolute Gasteiger partial charge is 0.413 e. The zero-order valence-electron chi connectivity index (χ0n) is 24.5. The summed E-state index contributed by atoms with van der Waals surface area (Å²) in [7, 11) is 0. The van der Waals surface area contributed by atoms with Crippen molar-refractivity contribution in [3.05, 3.63) is 83.4 Å². The minimum Gasteiger partial charge on any atom is -0.399 e. The highest BCUT2D eigenvalue weighted by atomic mass is 19.4. The fourth-order valence-electron chi connectivity index (χ4n) is 5.24. The highest BCUT2D eigenvalue weighted by Crippen LogP contribution is 2.52. The molecule has 0 radical (unpaired) electrons. The highest BCUT2D eigenvalue weighted by molar-refractivity contribution is 5.98. The van der Waals surface area contributed by atoms with Crippen LogP contribution in [0.15, 0.2) is 66.8 Å². The zero-order valence-corrected chi connectivity index (χ0v) is 24.5. The number of fused-ring (bicyclic) bond motifs is 2. The lowest BCUT2D eigenvalue weighted by Gasteiger charge is -2.30. The van der Waals surface area contributed by atoms with Gasteiger partial charge >= 0.3 is 6.18 Å². The summed E-state index contributed by atoms with van der Waals surface area (Å²) in [5.41, 5.74) is 9.24. The van der Waals surface area contributed by atoms with Crippen molar-refractivity contribution < 1.29 is 13.2 Å². The van der Waals surface area contributed by atoms with Crippen LogP contribution in [0, 0.1) is 23.7 Å². The van der Waals surface area contributed by atoms with E-state index in [1.807, 2.05) is 43.3 Å². The first kappa shape index (κ1) is 29.9. The number of rotatable bonds is 8. The maximum Gasteiger partial charge on any atom is 0.413 e. The second kappa shape index (κ2) is 10.9. The zero-order chi connectivity index (χ0) is 31.2. The van der Waals surface area contributed by atoms with E-state index in [0.29, 0.717) is 34.0 Å². The van der Waals surface area contributed by atoms with E-state index in [1.165, 1.54) is 6.20 Å². The van der Waals surface area contributed by atoms with Crippen molar-refractivity contribution >= 4 is 33.2 Å². The molecule has 5 rings (SSSR count). The number of nitrogens with one attached hydrogen (secondary N) is 2. The Bertz CT molecular complexity index is 1740. The third-order valence-electron chi connectivity index (χ3n) is 7.75. The van der Waals surface area contributed by atoms with Crippen molar-refractivity contribution in [3.8, 4) is 6.07 Å². The van der Waals surface area contributed by atoms with Crippen molar-refractivity contribution in [2.24, 2.45) is 17.0 Å². The molecule has 224 valence electrons. The molecular formula is C32H35F3N8. The molecule has 43 heavy (non-hydrogen) atoms. The van der Waals surface area contributed by atoms with Crippen LogP contribution in [0.5, 0.6) is 0 Å². The van der Waals surface area contributed by atoms with Gasteiger partial charge in [0.05, 0.1) is 34.0 Å². The third-order valence-corrected chi connectivity index (χ3v) is 7.75. The van der Waals surface area contributed by atoms with Gasteiger partial charge in [-0.2, -0.15) is 18.4 Å². The molecule has 0 amide bonds. The summed E-state index contributed by atoms with van der Waals surface area (Å²) in [5.74, 6) is 6.01. The summed E-state index contributed by atoms with van der Waals surface area (Å²) in [4.78, 5) is 8.98. The Balaban J connectivity index is 1.63. The van der Waals surface area contributed by atoms with Crippen molar-refractivity contribution in [1.82, 2.24) is 15.0 Å². The number of anilines is 2. The maximum absolute atomic E-state index is 13.9. The smallest absolute Gasteiger partial charge is 0.399 e. The average Bonchev–Trinajstić information content (AvgIpc) is 3.77. The van der Waals surface area contributed by atoms with Crippen LogP contribution in [0.25, 0.3) is 21.8 Å². The second-order valence-electron chi connectivity index (χ2n) is 12.3. The number of aromatic nitrogens is 2. The van der Waals surface area contributed by atoms with Crippen LogP contribution in [-0.2, 0) is 0 Å². The normalized spacial score (nSPS) is 15.7. The Labute approximate surface area is 248 Å². The van der Waals surface area contributed by atoms with E-state index in [0.717, 1.165) is 27.4 Å². The highest BCUT2D eigenvalue weighted by Gasteiger charge is 2.66. The van der Waals surface area contributed by atoms with E-state index < -0.39 is 17.8 Å². The van der Waals surface area contributed by atoms with E-state index in [9.17, 15) is 18.4 Å². The summed E-state index contributed by atoms with van der Waals surface area (Å²) >= 11 is 0. The first-order valence-corrected chi connectivity index (χ1v) is 14.0. The molecule has 1 fully saturated rings. The van der Waals surface area contributed by atoms with Crippen LogP contribution in [-0.4, -0.2) is 33.2 Å². The molecule has 6 N–H and O–H groups in total. The number of pyridine rings is 2. The quantitative estimate of drug-likeness (QED) is 0.133. The van der Waals surface area contributed by atoms with Gasteiger partial charge in [-0.25, -0.2) is 5.84 Å². The Morgan fingerprint density at radius 3 is 2.53 bits per heavy atom. The fraction of sp³-hybridized carbons (Fsp3) is 0.344. The molecule has 4 aromatic rings. The van der Waals surface area contributed by atoms with E-state index in [-0.39, 0.29) is 24.0 Å². The van der Waals surface area contributed by atoms with Gasteiger partial charge in [-0.15, -0.1) is 0 Å². The molecule has 8 nitrogen and oxygen atoms in total. The Hall–Kier alpha value is -4.56. The summed E-state index contributed by atoms with van der Waals surface area (Å²) in [5, 5.41) is 19.0. The van der Waals surface area contributed by atoms with Crippen molar-refractivity contribution in [1.29, 1.82) is 5.26 Å². The van der Waals surface area contributed by atoms with E-state index in [2.05, 4.69) is 47.4 Å². The number of aryl methyl sites for hydroxylation is 1. The molecule has 11 heteroatoms. The molecular weight excluding hydrogens is 553 g/mol. The minimum atomic E-state index is -4.50. The van der Waals surface area contributed by atoms with Gasteiger partial charge < -0.3 is 21.4 Å². The van der Waals surface area contributed by atoms with Crippen molar-refractivity contribution in [3.63, 3.8) is 0 Å². The Kier molecular flexibility index (Phi) is 7.60. The topological polar surface area (TPSA) is 129 Å². The van der Waals surface area contributed by atoms with Crippen LogP contribution in [0.2, 0.25) is 0 Å². The molecule has 0 unspecified atom stereocenters. The van der Waals surface area contributed by atoms with Crippen molar-refractivity contribution in [2.75, 3.05) is 17.2 Å². The minimum absolute atomic E-state index is 0.0522. The average molecular weight is 589 g/mol. The lowest BCUT2D eigenvalue weighted by Crippen LogP contribution is -2.49. The Morgan fingerprint density at radius 2 is 1.88 bits per heavy atom. The van der Waals surface area contributed by atoms with Crippen LogP contribution in [0.4, 0.5) is 24.5 Å². The number of hydrogen-bond donors (Lipinski definition) is 4. The third kappa shape index (κ3) is 5.88. The van der Waals surface area contributed by atoms with Gasteiger partial charge in [0.15, 0.2) is 5.54 Å². The van der Waals surface area contributed by atoms with E-state index in [1.54, 1.807) is 18.5 Å². The molecule has 2 aromatic carbocycles. The number of alkyl halides is 3. The standard InChI is InChI=1S/C32H35F3N8/c1-19-13-21(14-24-27(19)40-16-20(15-36)28(24)41-18-30(2,3)4)42-29(23-7-5-9-26-22(23)8-6-12-39-26)25(37)17-43(38)31(10-11-31)32(33,34)35/h5-9,12-14,16-17,29,42H,10-11,18,37-38H2,1-4H3,(H,40,41)/b25-17-/t29-/m0/s1. The molecule has 2 aromatic heterocycles. The lowest BCUT2D eigenvalue weighted by molar-refractivity contribution is -0.189. The van der Waals surface area contributed by atoms with E-state index in [4.69, 9.17) is 11.6 Å². The summed E-state index contributed by atoms with van der Waals surface area (Å²) in [6, 6.07) is 14.5.